The molecule has 1 aromatic rings. The molecule has 0 saturated heterocycles. The third-order valence-electron chi connectivity index (χ3n) is 3.46. The van der Waals surface area contributed by atoms with Crippen LogP contribution in [-0.4, -0.2) is 28.2 Å². The Bertz CT molecular complexity index is 550. The first-order valence-electron chi connectivity index (χ1n) is 6.25. The van der Waals surface area contributed by atoms with Crippen molar-refractivity contribution in [3.63, 3.8) is 0 Å². The van der Waals surface area contributed by atoms with Gasteiger partial charge in [-0.2, -0.15) is 0 Å². The molecule has 5 heteroatoms. The number of allylic oxidation sites excluding steroid dienone is 2. The van der Waals surface area contributed by atoms with Crippen LogP contribution in [-0.2, 0) is 22.5 Å². The Kier molecular flexibility index (Phi) is 4.01. The van der Waals surface area contributed by atoms with Gasteiger partial charge in [0.05, 0.1) is 6.61 Å². The van der Waals surface area contributed by atoms with Crippen LogP contribution in [0, 0.1) is 0 Å². The van der Waals surface area contributed by atoms with Crippen LogP contribution >= 0.6 is 0 Å². The molecule has 1 aliphatic heterocycles. The summed E-state index contributed by atoms with van der Waals surface area (Å²) < 4.78 is 11.2. The molecule has 108 valence electrons. The lowest BCUT2D eigenvalue weighted by Gasteiger charge is -2.36. The fourth-order valence-electron chi connectivity index (χ4n) is 2.29. The second-order valence-corrected chi connectivity index (χ2v) is 4.68. The van der Waals surface area contributed by atoms with Crippen molar-refractivity contribution in [1.82, 2.24) is 0 Å². The molecule has 0 amide bonds. The van der Waals surface area contributed by atoms with Gasteiger partial charge in [-0.3, -0.25) is 0 Å². The molecule has 0 spiro atoms. The van der Waals surface area contributed by atoms with Gasteiger partial charge >= 0.3 is 0 Å². The summed E-state index contributed by atoms with van der Waals surface area (Å²) in [6.45, 7) is 3.70. The van der Waals surface area contributed by atoms with Gasteiger partial charge in [-0.1, -0.05) is 24.8 Å². The Hall–Kier alpha value is -1.98. The van der Waals surface area contributed by atoms with Gasteiger partial charge in [0.25, 0.3) is 0 Å². The van der Waals surface area contributed by atoms with E-state index in [0.29, 0.717) is 24.0 Å². The van der Waals surface area contributed by atoms with Gasteiger partial charge in [-0.15, -0.1) is 0 Å². The largest absolute Gasteiger partial charge is 0.504 e. The molecule has 0 aromatic heterocycles. The minimum atomic E-state index is -0.845. The molecule has 1 unspecified atom stereocenters. The summed E-state index contributed by atoms with van der Waals surface area (Å²) in [6, 6.07) is 1.43. The van der Waals surface area contributed by atoms with Crippen LogP contribution in [0.2, 0.25) is 0 Å². The van der Waals surface area contributed by atoms with E-state index in [1.807, 2.05) is 6.08 Å². The monoisotopic (exact) mass is 278 g/mol. The smallest absolute Gasteiger partial charge is 0.200 e. The van der Waals surface area contributed by atoms with Crippen molar-refractivity contribution in [1.29, 1.82) is 0 Å². The topological polar surface area (TPSA) is 79.2 Å². The number of hydrogen-bond acceptors (Lipinski definition) is 5. The van der Waals surface area contributed by atoms with Crippen molar-refractivity contribution in [2.75, 3.05) is 7.11 Å². The van der Waals surface area contributed by atoms with Gasteiger partial charge in [-0.25, -0.2) is 0 Å². The predicted octanol–water partition coefficient (Wildman–Crippen LogP) is 2.35. The molecule has 1 atom stereocenters. The van der Waals surface area contributed by atoms with Crippen LogP contribution in [0.25, 0.3) is 0 Å². The van der Waals surface area contributed by atoms with E-state index in [-0.39, 0.29) is 18.1 Å². The summed E-state index contributed by atoms with van der Waals surface area (Å²) in [4.78, 5) is 0. The maximum atomic E-state index is 9.82. The van der Waals surface area contributed by atoms with Crippen molar-refractivity contribution in [2.24, 2.45) is 0 Å². The van der Waals surface area contributed by atoms with Crippen LogP contribution in [0.15, 0.2) is 30.9 Å². The number of methoxy groups -OCH3 is 1. The molecule has 0 aliphatic carbocycles. The summed E-state index contributed by atoms with van der Waals surface area (Å²) >= 11 is 0. The molecular weight excluding hydrogens is 260 g/mol. The Balaban J connectivity index is 2.33. The van der Waals surface area contributed by atoms with Gasteiger partial charge in [0.1, 0.15) is 0 Å². The van der Waals surface area contributed by atoms with E-state index >= 15 is 0 Å². The van der Waals surface area contributed by atoms with Gasteiger partial charge in [0, 0.05) is 25.5 Å². The van der Waals surface area contributed by atoms with Gasteiger partial charge < -0.3 is 24.8 Å². The minimum absolute atomic E-state index is 0.102. The summed E-state index contributed by atoms with van der Waals surface area (Å²) in [7, 11) is 1.55. The molecule has 1 aliphatic rings. The predicted molar refractivity (Wildman–Crippen MR) is 73.6 cm³/mol. The zero-order valence-corrected chi connectivity index (χ0v) is 11.3. The Morgan fingerprint density at radius 3 is 2.80 bits per heavy atom. The molecule has 1 aromatic carbocycles. The minimum Gasteiger partial charge on any atom is -0.504 e. The van der Waals surface area contributed by atoms with E-state index in [1.54, 1.807) is 19.3 Å². The second kappa shape index (κ2) is 5.56. The SMILES string of the molecule is C=C/C=C/CC1(OC)Cc2cc(O)c(O)c(O)c2CO1. The first-order chi connectivity index (χ1) is 9.53. The number of phenolic OH excluding ortho intramolecular Hbond substituents is 3. The van der Waals surface area contributed by atoms with Crippen LogP contribution in [0.3, 0.4) is 0 Å². The molecule has 0 bridgehead atoms. The third kappa shape index (κ3) is 2.50. The van der Waals surface area contributed by atoms with Gasteiger partial charge in [0.2, 0.25) is 5.75 Å². The Labute approximate surface area is 117 Å². The molecule has 0 fully saturated rings. The highest BCUT2D eigenvalue weighted by Crippen LogP contribution is 2.44. The summed E-state index contributed by atoms with van der Waals surface area (Å²) in [6.07, 6.45) is 6.21. The number of aromatic hydroxyl groups is 3. The lowest BCUT2D eigenvalue weighted by Crippen LogP contribution is -2.40. The van der Waals surface area contributed by atoms with Crippen molar-refractivity contribution >= 4 is 0 Å². The highest BCUT2D eigenvalue weighted by Gasteiger charge is 2.36. The molecule has 0 radical (unpaired) electrons. The number of phenols is 3. The maximum Gasteiger partial charge on any atom is 0.200 e. The lowest BCUT2D eigenvalue weighted by molar-refractivity contribution is -0.233. The van der Waals surface area contributed by atoms with E-state index in [4.69, 9.17) is 9.47 Å². The number of hydrogen-bond donors (Lipinski definition) is 3. The molecule has 5 nitrogen and oxygen atoms in total. The Morgan fingerprint density at radius 2 is 2.15 bits per heavy atom. The van der Waals surface area contributed by atoms with Crippen LogP contribution in [0.4, 0.5) is 0 Å². The van der Waals surface area contributed by atoms with Crippen LogP contribution < -0.4 is 0 Å². The highest BCUT2D eigenvalue weighted by atomic mass is 16.7. The van der Waals surface area contributed by atoms with Crippen LogP contribution in [0.1, 0.15) is 17.5 Å². The lowest BCUT2D eigenvalue weighted by atomic mass is 9.93. The van der Waals surface area contributed by atoms with E-state index in [0.717, 1.165) is 0 Å². The fourth-order valence-corrected chi connectivity index (χ4v) is 2.29. The second-order valence-electron chi connectivity index (χ2n) is 4.68. The molecule has 2 rings (SSSR count). The molecule has 3 N–H and O–H groups in total. The van der Waals surface area contributed by atoms with Crippen molar-refractivity contribution in [2.45, 2.75) is 25.2 Å². The standard InChI is InChI=1S/C15H18O5/c1-3-4-5-6-15(19-2)8-10-7-12(16)14(18)13(17)11(10)9-20-15/h3-5,7,16-18H,1,6,8-9H2,2H3/b5-4+. The first kappa shape index (κ1) is 14.4. The normalized spacial score (nSPS) is 21.9. The first-order valence-corrected chi connectivity index (χ1v) is 6.25. The average molecular weight is 278 g/mol. The molecule has 0 saturated carbocycles. The Morgan fingerprint density at radius 1 is 1.40 bits per heavy atom. The number of benzene rings is 1. The molecule has 20 heavy (non-hydrogen) atoms. The van der Waals surface area contributed by atoms with E-state index < -0.39 is 11.5 Å². The van der Waals surface area contributed by atoms with Crippen molar-refractivity contribution in [3.8, 4) is 17.2 Å². The molecular formula is C15H18O5. The number of fused-ring (bicyclic) bond motifs is 1. The van der Waals surface area contributed by atoms with Crippen molar-refractivity contribution < 1.29 is 24.8 Å². The van der Waals surface area contributed by atoms with Crippen molar-refractivity contribution in [3.05, 3.63) is 42.0 Å². The van der Waals surface area contributed by atoms with Gasteiger partial charge in [-0.05, 0) is 11.6 Å². The van der Waals surface area contributed by atoms with E-state index in [2.05, 4.69) is 6.58 Å². The van der Waals surface area contributed by atoms with Crippen LogP contribution in [0.5, 0.6) is 17.2 Å². The summed E-state index contributed by atoms with van der Waals surface area (Å²) in [5.74, 6) is -2.06. The summed E-state index contributed by atoms with van der Waals surface area (Å²) in [5.41, 5.74) is 1.17. The number of rotatable bonds is 4. The van der Waals surface area contributed by atoms with E-state index in [9.17, 15) is 15.3 Å². The highest BCUT2D eigenvalue weighted by molar-refractivity contribution is 5.57. The zero-order chi connectivity index (χ0) is 14.8. The summed E-state index contributed by atoms with van der Waals surface area (Å²) in [5, 5.41) is 28.9. The quantitative estimate of drug-likeness (QED) is 0.582. The maximum absolute atomic E-state index is 9.82. The van der Waals surface area contributed by atoms with Gasteiger partial charge in [0.15, 0.2) is 17.3 Å². The van der Waals surface area contributed by atoms with E-state index in [1.165, 1.54) is 6.07 Å². The molecule has 1 heterocycles. The zero-order valence-electron chi connectivity index (χ0n) is 11.3. The average Bonchev–Trinajstić information content (AvgIpc) is 2.45. The third-order valence-corrected chi connectivity index (χ3v) is 3.46. The fraction of sp³-hybridized carbons (Fsp3) is 0.333. The number of ether oxygens (including phenoxy) is 2.